The minimum absolute atomic E-state index is 0.0912. The maximum Gasteiger partial charge on any atom is 0.146 e. The Morgan fingerprint density at radius 2 is 2.18 bits per heavy atom. The number of carbonyl (C=O) groups excluding carboxylic acids is 1. The molecule has 2 N–H and O–H groups in total. The number of rotatable bonds is 4. The van der Waals surface area contributed by atoms with E-state index in [0.29, 0.717) is 5.78 Å². The minimum atomic E-state index is -0.0912. The van der Waals surface area contributed by atoms with Crippen molar-refractivity contribution in [3.8, 4) is 0 Å². The molecule has 1 saturated heterocycles. The van der Waals surface area contributed by atoms with Crippen molar-refractivity contribution < 1.29 is 9.63 Å². The van der Waals surface area contributed by atoms with Gasteiger partial charge in [0.15, 0.2) is 0 Å². The highest BCUT2D eigenvalue weighted by Crippen LogP contribution is 2.26. The van der Waals surface area contributed by atoms with Gasteiger partial charge >= 0.3 is 0 Å². The number of benzene rings is 1. The highest BCUT2D eigenvalue weighted by molar-refractivity contribution is 8.01. The van der Waals surface area contributed by atoms with E-state index in [4.69, 9.17) is 10.7 Å². The number of hydrogen-bond donors (Lipinski definition) is 1. The van der Waals surface area contributed by atoms with E-state index in [9.17, 15) is 4.79 Å². The third kappa shape index (κ3) is 3.09. The maximum absolute atomic E-state index is 11.5. The Balaban J connectivity index is 2.00. The summed E-state index contributed by atoms with van der Waals surface area (Å²) >= 11 is 1.77. The molecule has 1 fully saturated rings. The van der Waals surface area contributed by atoms with Crippen LogP contribution in [-0.2, 0) is 16.1 Å². The van der Waals surface area contributed by atoms with Crippen LogP contribution in [0.4, 0.5) is 0 Å². The second-order valence-corrected chi connectivity index (χ2v) is 5.61. The van der Waals surface area contributed by atoms with Gasteiger partial charge in [-0.25, -0.2) is 5.90 Å². The zero-order valence-corrected chi connectivity index (χ0v) is 10.7. The van der Waals surface area contributed by atoms with Gasteiger partial charge < -0.3 is 0 Å². The molecule has 1 aromatic carbocycles. The van der Waals surface area contributed by atoms with Gasteiger partial charge in [-0.3, -0.25) is 9.63 Å². The molecule has 2 unspecified atom stereocenters. The maximum atomic E-state index is 11.5. The van der Waals surface area contributed by atoms with Crippen molar-refractivity contribution in [3.63, 3.8) is 0 Å². The van der Waals surface area contributed by atoms with Crippen LogP contribution in [0, 0.1) is 0 Å². The van der Waals surface area contributed by atoms with Gasteiger partial charge in [-0.15, -0.1) is 11.8 Å². The molecule has 1 aromatic rings. The summed E-state index contributed by atoms with van der Waals surface area (Å²) < 4.78 is 0. The fourth-order valence-corrected chi connectivity index (χ4v) is 3.16. The number of Topliss-reactive ketones (excluding diaryl/α,β-unsaturated/α-hetero) is 1. The predicted molar refractivity (Wildman–Crippen MR) is 69.7 cm³/mol. The predicted octanol–water partition coefficient (Wildman–Crippen LogP) is 2.26. The van der Waals surface area contributed by atoms with Crippen molar-refractivity contribution in [2.75, 3.05) is 5.75 Å². The SMILES string of the molecule is CC(ON)c1ccc(CC2SCCC2=O)cc1. The first-order chi connectivity index (χ1) is 8.20. The largest absolute Gasteiger partial charge is 0.298 e. The summed E-state index contributed by atoms with van der Waals surface area (Å²) in [5.74, 6) is 6.50. The van der Waals surface area contributed by atoms with Gasteiger partial charge in [-0.05, 0) is 24.5 Å². The summed E-state index contributed by atoms with van der Waals surface area (Å²) in [6, 6.07) is 8.13. The third-order valence-corrected chi connectivity index (χ3v) is 4.37. The van der Waals surface area contributed by atoms with E-state index in [1.807, 2.05) is 19.1 Å². The van der Waals surface area contributed by atoms with E-state index in [0.717, 1.165) is 24.2 Å². The summed E-state index contributed by atoms with van der Waals surface area (Å²) in [4.78, 5) is 16.3. The van der Waals surface area contributed by atoms with Gasteiger partial charge in [0.05, 0.1) is 5.25 Å². The van der Waals surface area contributed by atoms with E-state index < -0.39 is 0 Å². The van der Waals surface area contributed by atoms with E-state index in [1.165, 1.54) is 5.56 Å². The van der Waals surface area contributed by atoms with Crippen LogP contribution < -0.4 is 5.90 Å². The van der Waals surface area contributed by atoms with Crippen LogP contribution in [0.5, 0.6) is 0 Å². The first-order valence-electron chi connectivity index (χ1n) is 5.79. The second-order valence-electron chi connectivity index (χ2n) is 4.30. The molecule has 17 heavy (non-hydrogen) atoms. The van der Waals surface area contributed by atoms with Crippen LogP contribution in [0.2, 0.25) is 0 Å². The zero-order valence-electron chi connectivity index (χ0n) is 9.89. The number of carbonyl (C=O) groups is 1. The summed E-state index contributed by atoms with van der Waals surface area (Å²) in [6.45, 7) is 1.91. The standard InChI is InChI=1S/C13H17NO2S/c1-9(16-14)11-4-2-10(3-5-11)8-13-12(15)6-7-17-13/h2-5,9,13H,6-8,14H2,1H3. The van der Waals surface area contributed by atoms with Crippen molar-refractivity contribution in [3.05, 3.63) is 35.4 Å². The lowest BCUT2D eigenvalue weighted by Crippen LogP contribution is -2.13. The van der Waals surface area contributed by atoms with Crippen LogP contribution in [0.15, 0.2) is 24.3 Å². The molecule has 0 bridgehead atoms. The molecule has 3 nitrogen and oxygen atoms in total. The number of hydrogen-bond acceptors (Lipinski definition) is 4. The Bertz CT molecular complexity index is 391. The molecule has 0 spiro atoms. The minimum Gasteiger partial charge on any atom is -0.298 e. The first-order valence-corrected chi connectivity index (χ1v) is 6.84. The van der Waals surface area contributed by atoms with E-state index in [-0.39, 0.29) is 11.4 Å². The van der Waals surface area contributed by atoms with E-state index >= 15 is 0 Å². The third-order valence-electron chi connectivity index (χ3n) is 3.10. The molecule has 1 aliphatic heterocycles. The highest BCUT2D eigenvalue weighted by Gasteiger charge is 2.24. The second kappa shape index (κ2) is 5.67. The van der Waals surface area contributed by atoms with Gasteiger partial charge in [-0.1, -0.05) is 24.3 Å². The smallest absolute Gasteiger partial charge is 0.146 e. The average molecular weight is 251 g/mol. The normalized spacial score (nSPS) is 21.8. The Morgan fingerprint density at radius 1 is 1.47 bits per heavy atom. The number of thioether (sulfide) groups is 1. The van der Waals surface area contributed by atoms with Crippen LogP contribution in [0.25, 0.3) is 0 Å². The molecule has 0 radical (unpaired) electrons. The van der Waals surface area contributed by atoms with Crippen LogP contribution in [0.1, 0.15) is 30.6 Å². The van der Waals surface area contributed by atoms with Crippen molar-refractivity contribution in [1.82, 2.24) is 0 Å². The van der Waals surface area contributed by atoms with Crippen LogP contribution in [0.3, 0.4) is 0 Å². The fraction of sp³-hybridized carbons (Fsp3) is 0.462. The molecule has 4 heteroatoms. The molecule has 2 atom stereocenters. The molecule has 92 valence electrons. The van der Waals surface area contributed by atoms with Gasteiger partial charge in [0.2, 0.25) is 0 Å². The van der Waals surface area contributed by atoms with E-state index in [2.05, 4.69) is 12.1 Å². The molecule has 0 aromatic heterocycles. The average Bonchev–Trinajstić information content (AvgIpc) is 2.75. The molecule has 1 heterocycles. The summed E-state index contributed by atoms with van der Waals surface area (Å²) in [6.07, 6.45) is 1.47. The molecule has 0 amide bonds. The lowest BCUT2D eigenvalue weighted by atomic mass is 10.0. The Morgan fingerprint density at radius 3 is 2.71 bits per heavy atom. The van der Waals surface area contributed by atoms with Crippen molar-refractivity contribution in [2.45, 2.75) is 31.1 Å². The Labute approximate surface area is 106 Å². The molecule has 2 rings (SSSR count). The first kappa shape index (κ1) is 12.6. The monoisotopic (exact) mass is 251 g/mol. The zero-order chi connectivity index (χ0) is 12.3. The quantitative estimate of drug-likeness (QED) is 0.834. The van der Waals surface area contributed by atoms with Crippen LogP contribution in [-0.4, -0.2) is 16.8 Å². The molecular weight excluding hydrogens is 234 g/mol. The Kier molecular flexibility index (Phi) is 4.20. The topological polar surface area (TPSA) is 52.3 Å². The fourth-order valence-electron chi connectivity index (χ4n) is 1.95. The number of ketones is 1. The van der Waals surface area contributed by atoms with Crippen LogP contribution >= 0.6 is 11.8 Å². The highest BCUT2D eigenvalue weighted by atomic mass is 32.2. The lowest BCUT2D eigenvalue weighted by molar-refractivity contribution is -0.117. The van der Waals surface area contributed by atoms with Gasteiger partial charge in [0, 0.05) is 12.2 Å². The van der Waals surface area contributed by atoms with Crippen molar-refractivity contribution in [1.29, 1.82) is 0 Å². The lowest BCUT2D eigenvalue weighted by Gasteiger charge is -2.11. The van der Waals surface area contributed by atoms with Crippen molar-refractivity contribution in [2.24, 2.45) is 5.90 Å². The summed E-state index contributed by atoms with van der Waals surface area (Å²) in [7, 11) is 0. The number of nitrogens with two attached hydrogens (primary N) is 1. The summed E-state index contributed by atoms with van der Waals surface area (Å²) in [5.41, 5.74) is 2.26. The van der Waals surface area contributed by atoms with Gasteiger partial charge in [0.1, 0.15) is 11.9 Å². The van der Waals surface area contributed by atoms with E-state index in [1.54, 1.807) is 11.8 Å². The molecule has 0 saturated carbocycles. The summed E-state index contributed by atoms with van der Waals surface area (Å²) in [5, 5.41) is 0.157. The molecule has 0 aliphatic carbocycles. The molecule has 1 aliphatic rings. The molecular formula is C13H17NO2S. The van der Waals surface area contributed by atoms with Gasteiger partial charge in [-0.2, -0.15) is 0 Å². The van der Waals surface area contributed by atoms with Crippen molar-refractivity contribution >= 4 is 17.5 Å². The van der Waals surface area contributed by atoms with Gasteiger partial charge in [0.25, 0.3) is 0 Å². The Hall–Kier alpha value is -0.840.